The van der Waals surface area contributed by atoms with Crippen molar-refractivity contribution in [3.63, 3.8) is 0 Å². The Labute approximate surface area is 203 Å². The van der Waals surface area contributed by atoms with Gasteiger partial charge in [0.25, 0.3) is 5.89 Å². The highest BCUT2D eigenvalue weighted by atomic mass is 16.5. The molecule has 0 atom stereocenters. The van der Waals surface area contributed by atoms with Gasteiger partial charge in [0.05, 0.1) is 6.61 Å². The van der Waals surface area contributed by atoms with Crippen LogP contribution < -0.4 is 0 Å². The van der Waals surface area contributed by atoms with Crippen LogP contribution in [0.1, 0.15) is 43.9 Å². The molecule has 5 nitrogen and oxygen atoms in total. The third-order valence-electron chi connectivity index (χ3n) is 5.31. The van der Waals surface area contributed by atoms with E-state index in [-0.39, 0.29) is 0 Å². The lowest BCUT2D eigenvalue weighted by atomic mass is 9.94. The van der Waals surface area contributed by atoms with Crippen molar-refractivity contribution in [1.82, 2.24) is 10.1 Å². The van der Waals surface area contributed by atoms with Gasteiger partial charge in [-0.15, -0.1) is 0 Å². The number of methoxy groups -OCH3 is 2. The van der Waals surface area contributed by atoms with E-state index in [1.165, 1.54) is 5.56 Å². The van der Waals surface area contributed by atoms with Crippen LogP contribution in [0.3, 0.4) is 0 Å². The van der Waals surface area contributed by atoms with Gasteiger partial charge in [-0.25, -0.2) is 0 Å². The molecule has 0 saturated carbocycles. The smallest absolute Gasteiger partial charge is 0.258 e. The monoisotopic (exact) mass is 460 g/mol. The highest BCUT2D eigenvalue weighted by molar-refractivity contribution is 5.80. The van der Waals surface area contributed by atoms with Gasteiger partial charge in [-0.1, -0.05) is 68.6 Å². The van der Waals surface area contributed by atoms with E-state index in [0.29, 0.717) is 18.3 Å². The highest BCUT2D eigenvalue weighted by Gasteiger charge is 2.14. The zero-order chi connectivity index (χ0) is 24.9. The van der Waals surface area contributed by atoms with Crippen LogP contribution >= 0.6 is 0 Å². The molecular formula is C29H36N2O3. The van der Waals surface area contributed by atoms with Crippen molar-refractivity contribution in [2.45, 2.75) is 40.2 Å². The fourth-order valence-corrected chi connectivity index (χ4v) is 3.45. The number of allylic oxidation sites excluding steroid dienone is 4. The topological polar surface area (TPSA) is 57.4 Å². The summed E-state index contributed by atoms with van der Waals surface area (Å²) in [7, 11) is 3.39. The number of hydrogen-bond acceptors (Lipinski definition) is 5. The molecule has 5 heteroatoms. The normalized spacial score (nSPS) is 11.3. The summed E-state index contributed by atoms with van der Waals surface area (Å²) < 4.78 is 15.7. The van der Waals surface area contributed by atoms with Crippen molar-refractivity contribution in [2.24, 2.45) is 0 Å². The molecule has 0 spiro atoms. The molecule has 3 rings (SSSR count). The second-order valence-electron chi connectivity index (χ2n) is 7.78. The SMILES string of the molecule is C=C/C(C)=C(\C=C)c1ccc(-c2nc(-c3cccc(CC)c3)no2)cc1COC.CCCOC. The molecule has 0 N–H and O–H groups in total. The Morgan fingerprint density at radius 1 is 1.00 bits per heavy atom. The lowest BCUT2D eigenvalue weighted by Crippen LogP contribution is -1.97. The van der Waals surface area contributed by atoms with E-state index in [1.54, 1.807) is 14.2 Å². The minimum atomic E-state index is 0.463. The van der Waals surface area contributed by atoms with Gasteiger partial charge in [0.1, 0.15) is 0 Å². The molecule has 0 amide bonds. The minimum Gasteiger partial charge on any atom is -0.385 e. The molecule has 0 radical (unpaired) electrons. The van der Waals surface area contributed by atoms with E-state index in [0.717, 1.165) is 52.8 Å². The first kappa shape index (κ1) is 27.0. The van der Waals surface area contributed by atoms with Gasteiger partial charge in [-0.3, -0.25) is 0 Å². The van der Waals surface area contributed by atoms with E-state index in [4.69, 9.17) is 14.0 Å². The summed E-state index contributed by atoms with van der Waals surface area (Å²) in [5.74, 6) is 1.07. The summed E-state index contributed by atoms with van der Waals surface area (Å²) >= 11 is 0. The first-order valence-electron chi connectivity index (χ1n) is 11.5. The van der Waals surface area contributed by atoms with Gasteiger partial charge in [0.15, 0.2) is 0 Å². The van der Waals surface area contributed by atoms with Crippen molar-refractivity contribution in [2.75, 3.05) is 20.8 Å². The van der Waals surface area contributed by atoms with Crippen molar-refractivity contribution < 1.29 is 14.0 Å². The Hall–Kier alpha value is -3.28. The van der Waals surface area contributed by atoms with Crippen molar-refractivity contribution in [3.05, 3.63) is 90.0 Å². The minimum absolute atomic E-state index is 0.463. The van der Waals surface area contributed by atoms with Crippen LogP contribution in [-0.2, 0) is 22.5 Å². The molecule has 0 aliphatic rings. The maximum Gasteiger partial charge on any atom is 0.258 e. The number of aromatic nitrogens is 2. The first-order valence-corrected chi connectivity index (χ1v) is 11.5. The van der Waals surface area contributed by atoms with Crippen molar-refractivity contribution >= 4 is 5.57 Å². The summed E-state index contributed by atoms with van der Waals surface area (Å²) in [5.41, 5.74) is 7.20. The predicted molar refractivity (Wildman–Crippen MR) is 140 cm³/mol. The maximum absolute atomic E-state index is 5.56. The summed E-state index contributed by atoms with van der Waals surface area (Å²) in [5, 5.41) is 4.17. The first-order chi connectivity index (χ1) is 16.5. The van der Waals surface area contributed by atoms with Crippen LogP contribution in [-0.4, -0.2) is 31.0 Å². The van der Waals surface area contributed by atoms with E-state index in [1.807, 2.05) is 49.4 Å². The van der Waals surface area contributed by atoms with Crippen molar-refractivity contribution in [1.29, 1.82) is 0 Å². The standard InChI is InChI=1S/C25H26N2O2.C4H10O/c1-6-17(4)22(8-3)23-13-12-20(15-21(23)16-28-5)25-26-24(27-29-25)19-11-9-10-18(7-2)14-19;1-3-4-5-2/h6,8-15H,1,3,7,16H2,2,4-5H3;3-4H2,1-2H3/b22-17+;. The third kappa shape index (κ3) is 7.11. The van der Waals surface area contributed by atoms with Gasteiger partial charge in [0.2, 0.25) is 5.82 Å². The van der Waals surface area contributed by atoms with Gasteiger partial charge < -0.3 is 14.0 Å². The fourth-order valence-electron chi connectivity index (χ4n) is 3.45. The van der Waals surface area contributed by atoms with Gasteiger partial charge >= 0.3 is 0 Å². The molecule has 0 unspecified atom stereocenters. The van der Waals surface area contributed by atoms with Crippen LogP contribution in [0.15, 0.2) is 77.9 Å². The summed E-state index contributed by atoms with van der Waals surface area (Å²) in [6, 6.07) is 14.2. The van der Waals surface area contributed by atoms with E-state index in [2.05, 4.69) is 49.3 Å². The number of rotatable bonds is 10. The molecular weight excluding hydrogens is 424 g/mol. The molecule has 0 fully saturated rings. The Morgan fingerprint density at radius 2 is 1.79 bits per heavy atom. The molecule has 34 heavy (non-hydrogen) atoms. The van der Waals surface area contributed by atoms with Crippen LogP contribution in [0.25, 0.3) is 28.4 Å². The number of hydrogen-bond donors (Lipinski definition) is 0. The average Bonchev–Trinajstić information content (AvgIpc) is 3.37. The number of ether oxygens (including phenoxy) is 2. The van der Waals surface area contributed by atoms with E-state index >= 15 is 0 Å². The number of nitrogens with zero attached hydrogens (tertiary/aromatic N) is 2. The van der Waals surface area contributed by atoms with Crippen LogP contribution in [0.4, 0.5) is 0 Å². The lowest BCUT2D eigenvalue weighted by Gasteiger charge is -2.13. The maximum atomic E-state index is 5.56. The van der Waals surface area contributed by atoms with Crippen LogP contribution in [0, 0.1) is 0 Å². The Bertz CT molecular complexity index is 1110. The average molecular weight is 461 g/mol. The Balaban J connectivity index is 0.000000739. The van der Waals surface area contributed by atoms with Gasteiger partial charge in [-0.2, -0.15) is 4.98 Å². The third-order valence-corrected chi connectivity index (χ3v) is 5.31. The molecule has 0 aliphatic heterocycles. The summed E-state index contributed by atoms with van der Waals surface area (Å²) in [6.07, 6.45) is 5.76. The second kappa shape index (κ2) is 14.1. The molecule has 0 aliphatic carbocycles. The molecule has 0 bridgehead atoms. The zero-order valence-electron chi connectivity index (χ0n) is 21.1. The lowest BCUT2D eigenvalue weighted by molar-refractivity contribution is 0.184. The molecule has 0 saturated heterocycles. The van der Waals surface area contributed by atoms with E-state index in [9.17, 15) is 0 Å². The highest BCUT2D eigenvalue weighted by Crippen LogP contribution is 2.30. The summed E-state index contributed by atoms with van der Waals surface area (Å²) in [4.78, 5) is 4.61. The number of aryl methyl sites for hydroxylation is 1. The van der Waals surface area contributed by atoms with Gasteiger partial charge in [0, 0.05) is 32.0 Å². The fraction of sp³-hybridized carbons (Fsp3) is 0.310. The predicted octanol–water partition coefficient (Wildman–Crippen LogP) is 7.30. The molecule has 3 aromatic rings. The Morgan fingerprint density at radius 3 is 2.38 bits per heavy atom. The molecule has 2 aromatic carbocycles. The molecule has 1 heterocycles. The molecule has 1 aromatic heterocycles. The van der Waals surface area contributed by atoms with Crippen molar-refractivity contribution in [3.8, 4) is 22.8 Å². The van der Waals surface area contributed by atoms with E-state index < -0.39 is 0 Å². The summed E-state index contributed by atoms with van der Waals surface area (Å²) in [6.45, 7) is 15.4. The van der Waals surface area contributed by atoms with Crippen LogP contribution in [0.2, 0.25) is 0 Å². The van der Waals surface area contributed by atoms with Crippen LogP contribution in [0.5, 0.6) is 0 Å². The quantitative estimate of drug-likeness (QED) is 0.297. The Kier molecular flexibility index (Phi) is 11.2. The molecule has 180 valence electrons. The largest absolute Gasteiger partial charge is 0.385 e. The number of benzene rings is 2. The second-order valence-corrected chi connectivity index (χ2v) is 7.78. The van der Waals surface area contributed by atoms with Gasteiger partial charge in [-0.05, 0) is 65.8 Å². The zero-order valence-corrected chi connectivity index (χ0v) is 21.1.